The molecule has 0 saturated heterocycles. The van der Waals surface area contributed by atoms with E-state index in [1.807, 2.05) is 26.0 Å². The molecule has 0 unspecified atom stereocenters. The standard InChI is InChI=1S/C19H32N2O/c1-7-19(5,6)17(22)16(21-18(2,3)4)12-14-8-10-15(13-20)11-9-14/h8-11,16,21H,7,12-13,20H2,1-6H3/t16-/m0/s1. The van der Waals surface area contributed by atoms with Crippen molar-refractivity contribution < 1.29 is 4.79 Å². The lowest BCUT2D eigenvalue weighted by molar-refractivity contribution is -0.129. The summed E-state index contributed by atoms with van der Waals surface area (Å²) in [7, 11) is 0. The van der Waals surface area contributed by atoms with Gasteiger partial charge in [0.2, 0.25) is 0 Å². The lowest BCUT2D eigenvalue weighted by Crippen LogP contribution is -2.52. The molecule has 1 aromatic rings. The summed E-state index contributed by atoms with van der Waals surface area (Å²) in [5.41, 5.74) is 7.52. The van der Waals surface area contributed by atoms with Crippen molar-refractivity contribution in [2.75, 3.05) is 0 Å². The molecule has 0 fully saturated rings. The first-order chi connectivity index (χ1) is 10.1. The predicted molar refractivity (Wildman–Crippen MR) is 93.8 cm³/mol. The second kappa shape index (κ2) is 7.38. The molecular weight excluding hydrogens is 272 g/mol. The summed E-state index contributed by atoms with van der Waals surface area (Å²) < 4.78 is 0. The van der Waals surface area contributed by atoms with Gasteiger partial charge in [0.15, 0.2) is 5.78 Å². The zero-order valence-corrected chi connectivity index (χ0v) is 15.0. The van der Waals surface area contributed by atoms with Gasteiger partial charge < -0.3 is 11.1 Å². The summed E-state index contributed by atoms with van der Waals surface area (Å²) in [6.07, 6.45) is 1.56. The third-order valence-electron chi connectivity index (χ3n) is 4.17. The van der Waals surface area contributed by atoms with Gasteiger partial charge in [0, 0.05) is 17.5 Å². The van der Waals surface area contributed by atoms with Crippen LogP contribution in [0.1, 0.15) is 59.1 Å². The molecule has 1 aromatic carbocycles. The Bertz CT molecular complexity index is 483. The first-order valence-corrected chi connectivity index (χ1v) is 8.19. The van der Waals surface area contributed by atoms with E-state index in [9.17, 15) is 4.79 Å². The normalized spacial score (nSPS) is 14.0. The molecule has 22 heavy (non-hydrogen) atoms. The summed E-state index contributed by atoms with van der Waals surface area (Å²) in [5, 5.41) is 3.50. The van der Waals surface area contributed by atoms with E-state index < -0.39 is 0 Å². The van der Waals surface area contributed by atoms with E-state index in [2.05, 4.69) is 45.1 Å². The van der Waals surface area contributed by atoms with Crippen molar-refractivity contribution in [1.29, 1.82) is 0 Å². The number of rotatable bonds is 7. The van der Waals surface area contributed by atoms with Crippen LogP contribution in [0.3, 0.4) is 0 Å². The Morgan fingerprint density at radius 1 is 1.09 bits per heavy atom. The smallest absolute Gasteiger partial charge is 0.155 e. The molecule has 0 saturated carbocycles. The molecule has 0 radical (unpaired) electrons. The zero-order valence-electron chi connectivity index (χ0n) is 15.0. The molecule has 0 aliphatic carbocycles. The summed E-state index contributed by atoms with van der Waals surface area (Å²) in [4.78, 5) is 12.9. The minimum atomic E-state index is -0.305. The van der Waals surface area contributed by atoms with Crippen LogP contribution in [0.2, 0.25) is 0 Å². The molecule has 124 valence electrons. The monoisotopic (exact) mass is 304 g/mol. The maximum atomic E-state index is 12.9. The Balaban J connectivity index is 2.97. The number of benzene rings is 1. The molecule has 0 amide bonds. The van der Waals surface area contributed by atoms with E-state index in [4.69, 9.17) is 5.73 Å². The van der Waals surface area contributed by atoms with Crippen LogP contribution in [0.4, 0.5) is 0 Å². The molecule has 1 rings (SSSR count). The van der Waals surface area contributed by atoms with Crippen LogP contribution >= 0.6 is 0 Å². The van der Waals surface area contributed by atoms with E-state index in [0.29, 0.717) is 13.0 Å². The minimum absolute atomic E-state index is 0.0959. The third kappa shape index (κ3) is 5.54. The molecule has 3 N–H and O–H groups in total. The van der Waals surface area contributed by atoms with Gasteiger partial charge in [0.25, 0.3) is 0 Å². The third-order valence-corrected chi connectivity index (χ3v) is 4.17. The van der Waals surface area contributed by atoms with Crippen molar-refractivity contribution >= 4 is 5.78 Å². The quantitative estimate of drug-likeness (QED) is 0.811. The first-order valence-electron chi connectivity index (χ1n) is 8.19. The maximum absolute atomic E-state index is 12.9. The van der Waals surface area contributed by atoms with Gasteiger partial charge in [-0.2, -0.15) is 0 Å². The van der Waals surface area contributed by atoms with Crippen LogP contribution in [-0.4, -0.2) is 17.4 Å². The summed E-state index contributed by atoms with van der Waals surface area (Å²) in [6, 6.07) is 8.06. The van der Waals surface area contributed by atoms with Crippen molar-refractivity contribution in [3.63, 3.8) is 0 Å². The summed E-state index contributed by atoms with van der Waals surface area (Å²) in [6.45, 7) is 13.0. The lowest BCUT2D eigenvalue weighted by atomic mass is 9.79. The molecule has 0 aliphatic heterocycles. The van der Waals surface area contributed by atoms with E-state index >= 15 is 0 Å². The molecule has 1 atom stereocenters. The average molecular weight is 304 g/mol. The minimum Gasteiger partial charge on any atom is -0.326 e. The summed E-state index contributed by atoms with van der Waals surface area (Å²) >= 11 is 0. The van der Waals surface area contributed by atoms with Gasteiger partial charge in [-0.3, -0.25) is 4.79 Å². The van der Waals surface area contributed by atoms with E-state index in [1.54, 1.807) is 0 Å². The number of ketones is 1. The van der Waals surface area contributed by atoms with Gasteiger partial charge in [-0.25, -0.2) is 0 Å². The Kier molecular flexibility index (Phi) is 6.33. The molecule has 0 aliphatic rings. The molecule has 3 heteroatoms. The number of carbonyl (C=O) groups is 1. The molecule has 0 heterocycles. The van der Waals surface area contributed by atoms with Gasteiger partial charge in [-0.05, 0) is 44.7 Å². The number of hydrogen-bond donors (Lipinski definition) is 2. The van der Waals surface area contributed by atoms with E-state index in [1.165, 1.54) is 5.56 Å². The number of nitrogens with one attached hydrogen (secondary N) is 1. The fourth-order valence-corrected chi connectivity index (χ4v) is 2.42. The van der Waals surface area contributed by atoms with Crippen molar-refractivity contribution in [3.05, 3.63) is 35.4 Å². The zero-order chi connectivity index (χ0) is 17.0. The largest absolute Gasteiger partial charge is 0.326 e. The Morgan fingerprint density at radius 3 is 2.00 bits per heavy atom. The molecular formula is C19H32N2O. The highest BCUT2D eigenvalue weighted by atomic mass is 16.1. The average Bonchev–Trinajstić information content (AvgIpc) is 2.45. The van der Waals surface area contributed by atoms with Gasteiger partial charge in [0.1, 0.15) is 0 Å². The van der Waals surface area contributed by atoms with Crippen molar-refractivity contribution in [2.24, 2.45) is 11.1 Å². The van der Waals surface area contributed by atoms with Crippen LogP contribution in [0.5, 0.6) is 0 Å². The van der Waals surface area contributed by atoms with E-state index in [0.717, 1.165) is 12.0 Å². The van der Waals surface area contributed by atoms with Crippen molar-refractivity contribution in [1.82, 2.24) is 5.32 Å². The number of hydrogen-bond acceptors (Lipinski definition) is 3. The first kappa shape index (κ1) is 18.9. The summed E-state index contributed by atoms with van der Waals surface area (Å²) in [5.74, 6) is 0.285. The number of Topliss-reactive ketones (excluding diaryl/α,β-unsaturated/α-hetero) is 1. The fourth-order valence-electron chi connectivity index (χ4n) is 2.42. The molecule has 0 bridgehead atoms. The van der Waals surface area contributed by atoms with Gasteiger partial charge in [-0.1, -0.05) is 45.0 Å². The van der Waals surface area contributed by atoms with Crippen LogP contribution in [0.15, 0.2) is 24.3 Å². The van der Waals surface area contributed by atoms with Crippen LogP contribution < -0.4 is 11.1 Å². The van der Waals surface area contributed by atoms with E-state index in [-0.39, 0.29) is 22.8 Å². The van der Waals surface area contributed by atoms with Crippen LogP contribution in [0, 0.1) is 5.41 Å². The van der Waals surface area contributed by atoms with Crippen molar-refractivity contribution in [2.45, 2.75) is 72.5 Å². The van der Waals surface area contributed by atoms with Crippen LogP contribution in [-0.2, 0) is 17.8 Å². The van der Waals surface area contributed by atoms with Gasteiger partial charge >= 0.3 is 0 Å². The molecule has 0 spiro atoms. The maximum Gasteiger partial charge on any atom is 0.155 e. The Labute approximate surface area is 135 Å². The predicted octanol–water partition coefficient (Wildman–Crippen LogP) is 3.45. The Hall–Kier alpha value is -1.19. The van der Waals surface area contributed by atoms with Gasteiger partial charge in [-0.15, -0.1) is 0 Å². The molecule has 0 aromatic heterocycles. The second-order valence-corrected chi connectivity index (χ2v) is 7.77. The van der Waals surface area contributed by atoms with Crippen LogP contribution in [0.25, 0.3) is 0 Å². The fraction of sp³-hybridized carbons (Fsp3) is 0.632. The highest BCUT2D eigenvalue weighted by Gasteiger charge is 2.33. The highest BCUT2D eigenvalue weighted by Crippen LogP contribution is 2.25. The number of nitrogens with two attached hydrogens (primary N) is 1. The lowest BCUT2D eigenvalue weighted by Gasteiger charge is -2.33. The van der Waals surface area contributed by atoms with Gasteiger partial charge in [0.05, 0.1) is 6.04 Å². The van der Waals surface area contributed by atoms with Crippen molar-refractivity contribution in [3.8, 4) is 0 Å². The Morgan fingerprint density at radius 2 is 1.59 bits per heavy atom. The second-order valence-electron chi connectivity index (χ2n) is 7.77. The molecule has 3 nitrogen and oxygen atoms in total. The number of carbonyl (C=O) groups excluding carboxylic acids is 1. The SMILES string of the molecule is CCC(C)(C)C(=O)[C@H](Cc1ccc(CN)cc1)NC(C)(C)C. The highest BCUT2D eigenvalue weighted by molar-refractivity contribution is 5.89. The topological polar surface area (TPSA) is 55.1 Å².